The van der Waals surface area contributed by atoms with Crippen LogP contribution in [0.2, 0.25) is 0 Å². The van der Waals surface area contributed by atoms with Crippen molar-refractivity contribution in [2.24, 2.45) is 0 Å². The number of carbonyl (C=O) groups excluding carboxylic acids is 2. The Kier molecular flexibility index (Phi) is 6.69. The van der Waals surface area contributed by atoms with Crippen molar-refractivity contribution in [1.82, 2.24) is 14.5 Å². The van der Waals surface area contributed by atoms with Gasteiger partial charge in [-0.15, -0.1) is 0 Å². The van der Waals surface area contributed by atoms with Gasteiger partial charge in [-0.2, -0.15) is 4.31 Å². The van der Waals surface area contributed by atoms with Crippen LogP contribution in [-0.4, -0.2) is 74.9 Å². The summed E-state index contributed by atoms with van der Waals surface area (Å²) in [6.45, 7) is 4.43. The fourth-order valence-corrected chi connectivity index (χ4v) is 5.08. The van der Waals surface area contributed by atoms with Crippen molar-refractivity contribution in [3.8, 4) is 0 Å². The van der Waals surface area contributed by atoms with E-state index in [0.29, 0.717) is 38.3 Å². The van der Waals surface area contributed by atoms with Crippen LogP contribution in [0.5, 0.6) is 0 Å². The number of carbonyl (C=O) groups is 2. The van der Waals surface area contributed by atoms with Crippen molar-refractivity contribution < 1.29 is 22.7 Å². The van der Waals surface area contributed by atoms with E-state index in [1.54, 1.807) is 6.92 Å². The standard InChI is InChI=1S/C19H27N3O5S/c1-2-27-19(24)15-6-8-16(9-7-15)28(25,26)22-13-11-21(12-14-22)17-5-3-4-10-20-18(17)23/h6-9,17H,2-5,10-14H2,1H3,(H,20,23). The third-order valence-electron chi connectivity index (χ3n) is 5.22. The highest BCUT2D eigenvalue weighted by molar-refractivity contribution is 7.89. The molecule has 9 heteroatoms. The van der Waals surface area contributed by atoms with Crippen LogP contribution in [0.1, 0.15) is 36.5 Å². The summed E-state index contributed by atoms with van der Waals surface area (Å²) in [5, 5.41) is 2.93. The molecule has 2 heterocycles. The molecule has 154 valence electrons. The molecule has 3 rings (SSSR count). The number of nitrogens with zero attached hydrogens (tertiary/aromatic N) is 2. The Bertz CT molecular complexity index is 801. The van der Waals surface area contributed by atoms with Crippen LogP contribution in [0, 0.1) is 0 Å². The van der Waals surface area contributed by atoms with Gasteiger partial charge in [-0.3, -0.25) is 9.69 Å². The average molecular weight is 410 g/mol. The second kappa shape index (κ2) is 9.02. The lowest BCUT2D eigenvalue weighted by Crippen LogP contribution is -2.55. The zero-order chi connectivity index (χ0) is 20.1. The van der Waals surface area contributed by atoms with E-state index in [2.05, 4.69) is 10.2 Å². The van der Waals surface area contributed by atoms with E-state index in [9.17, 15) is 18.0 Å². The maximum Gasteiger partial charge on any atom is 0.338 e. The molecule has 2 aliphatic heterocycles. The summed E-state index contributed by atoms with van der Waals surface area (Å²) < 4.78 is 32.2. The Hall–Kier alpha value is -1.97. The zero-order valence-electron chi connectivity index (χ0n) is 16.1. The number of sulfonamides is 1. The normalized spacial score (nSPS) is 22.3. The summed E-state index contributed by atoms with van der Waals surface area (Å²) in [6, 6.07) is 5.64. The molecule has 0 aliphatic carbocycles. The predicted octanol–water partition coefficient (Wildman–Crippen LogP) is 0.838. The number of hydrogen-bond donors (Lipinski definition) is 1. The van der Waals surface area contributed by atoms with Gasteiger partial charge in [0, 0.05) is 32.7 Å². The maximum absolute atomic E-state index is 12.9. The third kappa shape index (κ3) is 4.53. The van der Waals surface area contributed by atoms with E-state index >= 15 is 0 Å². The molecule has 8 nitrogen and oxygen atoms in total. The predicted molar refractivity (Wildman–Crippen MR) is 103 cm³/mol. The fourth-order valence-electron chi connectivity index (χ4n) is 3.65. The quantitative estimate of drug-likeness (QED) is 0.724. The Labute approximate surface area is 165 Å². The Balaban J connectivity index is 1.64. The summed E-state index contributed by atoms with van der Waals surface area (Å²) in [7, 11) is -3.64. The van der Waals surface area contributed by atoms with Gasteiger partial charge >= 0.3 is 5.97 Å². The molecule has 1 aromatic rings. The SMILES string of the molecule is CCOC(=O)c1ccc(S(=O)(=O)N2CCN(C3CCCCNC3=O)CC2)cc1. The lowest BCUT2D eigenvalue weighted by Gasteiger charge is -2.37. The van der Waals surface area contributed by atoms with Gasteiger partial charge in [0.2, 0.25) is 15.9 Å². The van der Waals surface area contributed by atoms with Gasteiger partial charge in [-0.05, 0) is 50.5 Å². The Morgan fingerprint density at radius 1 is 1.14 bits per heavy atom. The summed E-state index contributed by atoms with van der Waals surface area (Å²) in [5.41, 5.74) is 0.324. The fraction of sp³-hybridized carbons (Fsp3) is 0.579. The number of amides is 1. The largest absolute Gasteiger partial charge is 0.462 e. The number of nitrogens with one attached hydrogen (secondary N) is 1. The van der Waals surface area contributed by atoms with E-state index < -0.39 is 16.0 Å². The molecule has 1 atom stereocenters. The van der Waals surface area contributed by atoms with Crippen LogP contribution in [0.3, 0.4) is 0 Å². The molecule has 2 saturated heterocycles. The molecule has 2 aliphatic rings. The van der Waals surface area contributed by atoms with Crippen molar-refractivity contribution in [2.45, 2.75) is 37.1 Å². The first-order valence-electron chi connectivity index (χ1n) is 9.72. The minimum Gasteiger partial charge on any atom is -0.462 e. The van der Waals surface area contributed by atoms with Crippen LogP contribution in [0.25, 0.3) is 0 Å². The monoisotopic (exact) mass is 409 g/mol. The van der Waals surface area contributed by atoms with Crippen LogP contribution in [0.4, 0.5) is 0 Å². The van der Waals surface area contributed by atoms with Gasteiger partial charge in [0.15, 0.2) is 0 Å². The summed E-state index contributed by atoms with van der Waals surface area (Å²) in [6.07, 6.45) is 2.79. The molecule has 1 unspecified atom stereocenters. The van der Waals surface area contributed by atoms with Gasteiger partial charge in [0.25, 0.3) is 0 Å². The van der Waals surface area contributed by atoms with Crippen molar-refractivity contribution in [1.29, 1.82) is 0 Å². The number of ether oxygens (including phenoxy) is 1. The highest BCUT2D eigenvalue weighted by atomic mass is 32.2. The molecule has 0 radical (unpaired) electrons. The number of rotatable bonds is 5. The number of hydrogen-bond acceptors (Lipinski definition) is 6. The minimum absolute atomic E-state index is 0.0448. The van der Waals surface area contributed by atoms with Gasteiger partial charge in [-0.1, -0.05) is 0 Å². The topological polar surface area (TPSA) is 96.0 Å². The Morgan fingerprint density at radius 3 is 2.46 bits per heavy atom. The lowest BCUT2D eigenvalue weighted by atomic mass is 10.1. The van der Waals surface area contributed by atoms with E-state index in [4.69, 9.17) is 4.74 Å². The van der Waals surface area contributed by atoms with E-state index in [-0.39, 0.29) is 23.5 Å². The van der Waals surface area contributed by atoms with Crippen LogP contribution >= 0.6 is 0 Å². The van der Waals surface area contributed by atoms with E-state index in [0.717, 1.165) is 19.3 Å². The first-order valence-corrected chi connectivity index (χ1v) is 11.2. The summed E-state index contributed by atoms with van der Waals surface area (Å²) >= 11 is 0. The molecule has 1 amide bonds. The lowest BCUT2D eigenvalue weighted by molar-refractivity contribution is -0.126. The van der Waals surface area contributed by atoms with Crippen LogP contribution in [-0.2, 0) is 19.6 Å². The highest BCUT2D eigenvalue weighted by Crippen LogP contribution is 2.21. The van der Waals surface area contributed by atoms with Crippen molar-refractivity contribution in [2.75, 3.05) is 39.3 Å². The van der Waals surface area contributed by atoms with Crippen molar-refractivity contribution >= 4 is 21.9 Å². The smallest absolute Gasteiger partial charge is 0.338 e. The highest BCUT2D eigenvalue weighted by Gasteiger charge is 2.34. The zero-order valence-corrected chi connectivity index (χ0v) is 16.9. The van der Waals surface area contributed by atoms with Gasteiger partial charge in [-0.25, -0.2) is 13.2 Å². The van der Waals surface area contributed by atoms with E-state index in [1.807, 2.05) is 0 Å². The molecule has 28 heavy (non-hydrogen) atoms. The second-order valence-corrected chi connectivity index (χ2v) is 8.93. The summed E-state index contributed by atoms with van der Waals surface area (Å²) in [5.74, 6) is -0.426. The number of piperazine rings is 1. The third-order valence-corrected chi connectivity index (χ3v) is 7.14. The number of esters is 1. The molecule has 0 aromatic heterocycles. The van der Waals surface area contributed by atoms with Crippen LogP contribution in [0.15, 0.2) is 29.2 Å². The average Bonchev–Trinajstić information content (AvgIpc) is 2.92. The second-order valence-electron chi connectivity index (χ2n) is 6.99. The summed E-state index contributed by atoms with van der Waals surface area (Å²) in [4.78, 5) is 26.2. The molecule has 1 aromatic carbocycles. The van der Waals surface area contributed by atoms with Crippen molar-refractivity contribution in [3.63, 3.8) is 0 Å². The van der Waals surface area contributed by atoms with E-state index in [1.165, 1.54) is 28.6 Å². The van der Waals surface area contributed by atoms with Crippen LogP contribution < -0.4 is 5.32 Å². The molecule has 2 fully saturated rings. The Morgan fingerprint density at radius 2 is 1.82 bits per heavy atom. The molecule has 0 bridgehead atoms. The van der Waals surface area contributed by atoms with Gasteiger partial charge in [0.05, 0.1) is 23.1 Å². The molecule has 0 saturated carbocycles. The molecular formula is C19H27N3O5S. The molecular weight excluding hydrogens is 382 g/mol. The first-order chi connectivity index (χ1) is 13.4. The number of benzene rings is 1. The maximum atomic E-state index is 12.9. The minimum atomic E-state index is -3.64. The van der Waals surface area contributed by atoms with Gasteiger partial charge in [0.1, 0.15) is 0 Å². The molecule has 0 spiro atoms. The van der Waals surface area contributed by atoms with Crippen molar-refractivity contribution in [3.05, 3.63) is 29.8 Å². The first kappa shape index (κ1) is 20.8. The molecule has 1 N–H and O–H groups in total. The van der Waals surface area contributed by atoms with Gasteiger partial charge < -0.3 is 10.1 Å².